The fourth-order valence-electron chi connectivity index (χ4n) is 1.91. The van der Waals surface area contributed by atoms with E-state index in [1.54, 1.807) is 24.3 Å². The molecule has 1 aromatic rings. The van der Waals surface area contributed by atoms with E-state index in [0.29, 0.717) is 11.3 Å². The van der Waals surface area contributed by atoms with Crippen molar-refractivity contribution >= 4 is 29.3 Å². The molecule has 0 radical (unpaired) electrons. The Kier molecular flexibility index (Phi) is 8.48. The minimum atomic E-state index is -0.493. The fraction of sp³-hybridized carbons (Fsp3) is 0.375. The predicted octanol–water partition coefficient (Wildman–Crippen LogP) is -1.11. The first-order valence-electron chi connectivity index (χ1n) is 7.84. The van der Waals surface area contributed by atoms with Gasteiger partial charge in [0.25, 0.3) is 5.91 Å². The van der Waals surface area contributed by atoms with Gasteiger partial charge in [0, 0.05) is 44.6 Å². The van der Waals surface area contributed by atoms with E-state index >= 15 is 0 Å². The summed E-state index contributed by atoms with van der Waals surface area (Å²) in [5, 5.41) is 7.69. The molecule has 0 saturated carbocycles. The highest BCUT2D eigenvalue weighted by molar-refractivity contribution is 5.99. The van der Waals surface area contributed by atoms with Crippen molar-refractivity contribution in [1.29, 1.82) is 0 Å². The van der Waals surface area contributed by atoms with E-state index in [2.05, 4.69) is 16.0 Å². The van der Waals surface area contributed by atoms with Crippen LogP contribution in [0.15, 0.2) is 24.3 Å². The standard InChI is InChI=1S/C16H23N5O4/c17-12-4-2-1-3-11(12)16(25)21-10-7-15(24)20-9-6-14(23)19-8-5-13(18)22/h1-4H,5-10,17H2,(H2,18,22)(H,19,23)(H,20,24)(H,21,25). The molecule has 0 aliphatic heterocycles. The Bertz CT molecular complexity index is 633. The molecule has 0 spiro atoms. The molecule has 9 heteroatoms. The van der Waals surface area contributed by atoms with E-state index in [1.165, 1.54) is 0 Å². The van der Waals surface area contributed by atoms with Crippen LogP contribution >= 0.6 is 0 Å². The Labute approximate surface area is 145 Å². The van der Waals surface area contributed by atoms with Gasteiger partial charge in [-0.2, -0.15) is 0 Å². The zero-order valence-electron chi connectivity index (χ0n) is 13.8. The number of carbonyl (C=O) groups excluding carboxylic acids is 4. The van der Waals surface area contributed by atoms with Gasteiger partial charge in [-0.3, -0.25) is 19.2 Å². The van der Waals surface area contributed by atoms with Crippen LogP contribution in [0.3, 0.4) is 0 Å². The summed E-state index contributed by atoms with van der Waals surface area (Å²) in [7, 11) is 0. The van der Waals surface area contributed by atoms with Crippen LogP contribution in [0.1, 0.15) is 29.6 Å². The van der Waals surface area contributed by atoms with Crippen molar-refractivity contribution in [2.75, 3.05) is 25.4 Å². The molecule has 1 rings (SSSR count). The van der Waals surface area contributed by atoms with E-state index in [4.69, 9.17) is 11.5 Å². The topological polar surface area (TPSA) is 156 Å². The SMILES string of the molecule is NC(=O)CCNC(=O)CCNC(=O)CCNC(=O)c1ccccc1N. The van der Waals surface area contributed by atoms with Crippen LogP contribution in [-0.4, -0.2) is 43.3 Å². The van der Waals surface area contributed by atoms with Crippen LogP contribution in [0.5, 0.6) is 0 Å². The highest BCUT2D eigenvalue weighted by atomic mass is 16.2. The lowest BCUT2D eigenvalue weighted by Gasteiger charge is -2.08. The van der Waals surface area contributed by atoms with Crippen LogP contribution in [-0.2, 0) is 14.4 Å². The molecule has 136 valence electrons. The largest absolute Gasteiger partial charge is 0.398 e. The van der Waals surface area contributed by atoms with Crippen molar-refractivity contribution in [2.45, 2.75) is 19.3 Å². The van der Waals surface area contributed by atoms with Gasteiger partial charge >= 0.3 is 0 Å². The van der Waals surface area contributed by atoms with Gasteiger partial charge in [-0.15, -0.1) is 0 Å². The Hall–Kier alpha value is -3.10. The fourth-order valence-corrected chi connectivity index (χ4v) is 1.91. The molecule has 9 nitrogen and oxygen atoms in total. The minimum absolute atomic E-state index is 0.0731. The van der Waals surface area contributed by atoms with Gasteiger partial charge in [0.2, 0.25) is 17.7 Å². The lowest BCUT2D eigenvalue weighted by Crippen LogP contribution is -2.34. The number of nitrogen functional groups attached to an aromatic ring is 1. The number of rotatable bonds is 10. The summed E-state index contributed by atoms with van der Waals surface area (Å²) in [6.07, 6.45) is 0.253. The number of anilines is 1. The molecule has 7 N–H and O–H groups in total. The van der Waals surface area contributed by atoms with Gasteiger partial charge in [0.15, 0.2) is 0 Å². The summed E-state index contributed by atoms with van der Waals surface area (Å²) in [5.41, 5.74) is 11.4. The second-order valence-corrected chi connectivity index (χ2v) is 5.26. The molecule has 0 atom stereocenters. The number of primary amides is 1. The number of benzene rings is 1. The van der Waals surface area contributed by atoms with Crippen molar-refractivity contribution in [1.82, 2.24) is 16.0 Å². The smallest absolute Gasteiger partial charge is 0.253 e. The molecule has 0 heterocycles. The second kappa shape index (κ2) is 10.6. The third-order valence-electron chi connectivity index (χ3n) is 3.21. The van der Waals surface area contributed by atoms with Gasteiger partial charge in [0.1, 0.15) is 0 Å². The number of carbonyl (C=O) groups is 4. The van der Waals surface area contributed by atoms with Gasteiger partial charge in [-0.05, 0) is 12.1 Å². The molecule has 0 bridgehead atoms. The maximum Gasteiger partial charge on any atom is 0.253 e. The van der Waals surface area contributed by atoms with Crippen molar-refractivity contribution in [2.24, 2.45) is 5.73 Å². The summed E-state index contributed by atoms with van der Waals surface area (Å²) < 4.78 is 0. The average Bonchev–Trinajstić information content (AvgIpc) is 2.54. The zero-order chi connectivity index (χ0) is 18.7. The first-order valence-corrected chi connectivity index (χ1v) is 7.84. The van der Waals surface area contributed by atoms with Crippen molar-refractivity contribution in [3.8, 4) is 0 Å². The van der Waals surface area contributed by atoms with Crippen molar-refractivity contribution in [3.63, 3.8) is 0 Å². The minimum Gasteiger partial charge on any atom is -0.398 e. The monoisotopic (exact) mass is 349 g/mol. The maximum absolute atomic E-state index is 11.9. The molecular formula is C16H23N5O4. The maximum atomic E-state index is 11.9. The van der Waals surface area contributed by atoms with Crippen LogP contribution in [0, 0.1) is 0 Å². The molecule has 25 heavy (non-hydrogen) atoms. The van der Waals surface area contributed by atoms with Crippen LogP contribution in [0.25, 0.3) is 0 Å². The van der Waals surface area contributed by atoms with E-state index in [1.807, 2.05) is 0 Å². The number of nitrogens with one attached hydrogen (secondary N) is 3. The Morgan fingerprint density at radius 2 is 1.32 bits per heavy atom. The molecule has 0 saturated heterocycles. The van der Waals surface area contributed by atoms with E-state index in [9.17, 15) is 19.2 Å². The Balaban J connectivity index is 2.15. The number of para-hydroxylation sites is 1. The first kappa shape index (κ1) is 19.9. The highest BCUT2D eigenvalue weighted by Crippen LogP contribution is 2.09. The molecule has 0 aliphatic rings. The third kappa shape index (κ3) is 8.35. The van der Waals surface area contributed by atoms with Gasteiger partial charge in [-0.25, -0.2) is 0 Å². The molecule has 0 aromatic heterocycles. The van der Waals surface area contributed by atoms with Crippen LogP contribution in [0.2, 0.25) is 0 Å². The summed E-state index contributed by atoms with van der Waals surface area (Å²) >= 11 is 0. The lowest BCUT2D eigenvalue weighted by atomic mass is 10.1. The Morgan fingerprint density at radius 1 is 0.800 bits per heavy atom. The van der Waals surface area contributed by atoms with E-state index in [-0.39, 0.29) is 56.6 Å². The van der Waals surface area contributed by atoms with Crippen molar-refractivity contribution < 1.29 is 19.2 Å². The molecule has 0 fully saturated rings. The normalized spacial score (nSPS) is 9.92. The average molecular weight is 349 g/mol. The molecule has 0 aliphatic carbocycles. The summed E-state index contributed by atoms with van der Waals surface area (Å²) in [5.74, 6) is -1.41. The van der Waals surface area contributed by atoms with Crippen LogP contribution in [0.4, 0.5) is 5.69 Å². The molecular weight excluding hydrogens is 326 g/mol. The number of hydrogen-bond acceptors (Lipinski definition) is 5. The summed E-state index contributed by atoms with van der Waals surface area (Å²) in [6, 6.07) is 6.65. The van der Waals surface area contributed by atoms with E-state index in [0.717, 1.165) is 0 Å². The molecule has 0 unspecified atom stereocenters. The summed E-state index contributed by atoms with van der Waals surface area (Å²) in [6.45, 7) is 0.501. The van der Waals surface area contributed by atoms with Crippen molar-refractivity contribution in [3.05, 3.63) is 29.8 Å². The Morgan fingerprint density at radius 3 is 1.88 bits per heavy atom. The van der Waals surface area contributed by atoms with E-state index < -0.39 is 5.91 Å². The van der Waals surface area contributed by atoms with Gasteiger partial charge in [-0.1, -0.05) is 12.1 Å². The lowest BCUT2D eigenvalue weighted by molar-refractivity contribution is -0.122. The van der Waals surface area contributed by atoms with Gasteiger partial charge < -0.3 is 27.4 Å². The predicted molar refractivity (Wildman–Crippen MR) is 92.3 cm³/mol. The zero-order valence-corrected chi connectivity index (χ0v) is 13.8. The quantitative estimate of drug-likeness (QED) is 0.338. The highest BCUT2D eigenvalue weighted by Gasteiger charge is 2.09. The number of amides is 4. The second-order valence-electron chi connectivity index (χ2n) is 5.26. The molecule has 4 amide bonds. The molecule has 1 aromatic carbocycles. The number of hydrogen-bond donors (Lipinski definition) is 5. The van der Waals surface area contributed by atoms with Crippen LogP contribution < -0.4 is 27.4 Å². The summed E-state index contributed by atoms with van der Waals surface area (Å²) in [4.78, 5) is 45.5. The number of nitrogens with two attached hydrogens (primary N) is 2. The van der Waals surface area contributed by atoms with Gasteiger partial charge in [0.05, 0.1) is 5.56 Å². The first-order chi connectivity index (χ1) is 11.9. The third-order valence-corrected chi connectivity index (χ3v) is 3.21.